The van der Waals surface area contributed by atoms with Gasteiger partial charge >= 0.3 is 0 Å². The maximum absolute atomic E-state index is 12.9. The summed E-state index contributed by atoms with van der Waals surface area (Å²) < 4.78 is 7.61. The Balaban J connectivity index is 1.49. The Morgan fingerprint density at radius 3 is 2.96 bits per heavy atom. The largest absolute Gasteiger partial charge is 0.467 e. The van der Waals surface area contributed by atoms with Gasteiger partial charge in [0.1, 0.15) is 5.76 Å². The molecule has 2 aromatic heterocycles. The van der Waals surface area contributed by atoms with Crippen LogP contribution in [0.2, 0.25) is 0 Å². The van der Waals surface area contributed by atoms with E-state index in [1.54, 1.807) is 6.26 Å². The molecule has 0 aliphatic carbocycles. The zero-order valence-corrected chi connectivity index (χ0v) is 15.1. The van der Waals surface area contributed by atoms with Crippen LogP contribution in [0.1, 0.15) is 53.2 Å². The summed E-state index contributed by atoms with van der Waals surface area (Å²) in [6, 6.07) is 6.69. The molecule has 0 unspecified atom stereocenters. The van der Waals surface area contributed by atoms with Crippen LogP contribution in [-0.2, 0) is 6.54 Å². The summed E-state index contributed by atoms with van der Waals surface area (Å²) in [5, 5.41) is 3.32. The lowest BCUT2D eigenvalue weighted by molar-refractivity contribution is 0.0914. The first-order valence-corrected chi connectivity index (χ1v) is 9.37. The molecule has 4 rings (SSSR count). The van der Waals surface area contributed by atoms with Gasteiger partial charge in [-0.25, -0.2) is 0 Å². The summed E-state index contributed by atoms with van der Waals surface area (Å²) >= 11 is 0. The van der Waals surface area contributed by atoms with Crippen molar-refractivity contribution in [2.45, 2.75) is 58.2 Å². The van der Waals surface area contributed by atoms with Gasteiger partial charge in [-0.15, -0.1) is 0 Å². The highest BCUT2D eigenvalue weighted by Crippen LogP contribution is 2.27. The number of carbonyl (C=O) groups is 1. The summed E-state index contributed by atoms with van der Waals surface area (Å²) in [5.41, 5.74) is 2.88. The monoisotopic (exact) mass is 341 g/mol. The summed E-state index contributed by atoms with van der Waals surface area (Å²) in [7, 11) is 0. The van der Waals surface area contributed by atoms with Crippen LogP contribution >= 0.6 is 0 Å². The minimum absolute atomic E-state index is 0.0659. The second kappa shape index (κ2) is 6.71. The minimum atomic E-state index is 0.0659. The predicted molar refractivity (Wildman–Crippen MR) is 96.8 cm³/mol. The molecule has 1 N–H and O–H groups in total. The van der Waals surface area contributed by atoms with E-state index in [2.05, 4.69) is 14.8 Å². The quantitative estimate of drug-likeness (QED) is 0.930. The van der Waals surface area contributed by atoms with Crippen LogP contribution in [-0.4, -0.2) is 40.5 Å². The second-order valence-electron chi connectivity index (χ2n) is 7.42. The Labute approximate surface area is 149 Å². The molecule has 2 atom stereocenters. The molecule has 0 radical (unpaired) electrons. The fraction of sp³-hybridized carbons (Fsp3) is 0.550. The fourth-order valence-corrected chi connectivity index (χ4v) is 4.49. The van der Waals surface area contributed by atoms with E-state index in [0.717, 1.165) is 35.7 Å². The summed E-state index contributed by atoms with van der Waals surface area (Å²) in [6.45, 7) is 7.04. The van der Waals surface area contributed by atoms with Crippen molar-refractivity contribution in [1.82, 2.24) is 14.8 Å². The number of nitrogens with one attached hydrogen (secondary N) is 1. The molecule has 2 aliphatic heterocycles. The number of carbonyl (C=O) groups excluding carboxylic acids is 1. The average Bonchev–Trinajstić information content (AvgIpc) is 3.32. The third kappa shape index (κ3) is 3.13. The van der Waals surface area contributed by atoms with Crippen molar-refractivity contribution >= 4 is 5.91 Å². The van der Waals surface area contributed by atoms with Gasteiger partial charge in [0.05, 0.1) is 18.4 Å². The van der Waals surface area contributed by atoms with Crippen LogP contribution in [0.25, 0.3) is 0 Å². The molecular formula is C20H27N3O2. The molecule has 25 heavy (non-hydrogen) atoms. The van der Waals surface area contributed by atoms with Crippen molar-refractivity contribution in [3.05, 3.63) is 47.2 Å². The molecule has 2 aromatic rings. The number of nitrogens with zero attached hydrogens (tertiary/aromatic N) is 2. The molecular weight excluding hydrogens is 314 g/mol. The standard InChI is InChI=1S/C20H27N3O2/c1-14-12-17(15(2)23(14)13-16-6-5-11-25-16)20(24)21-18-8-10-22-9-4-3-7-19(18)22/h5-6,11-12,18-19H,3-4,7-10,13H2,1-2H3,(H,21,24)/t18-,19+/m0/s1. The van der Waals surface area contributed by atoms with Crippen LogP contribution < -0.4 is 5.32 Å². The van der Waals surface area contributed by atoms with Gasteiger partial charge in [-0.3, -0.25) is 9.69 Å². The summed E-state index contributed by atoms with van der Waals surface area (Å²) in [5.74, 6) is 0.971. The van der Waals surface area contributed by atoms with Crippen molar-refractivity contribution < 1.29 is 9.21 Å². The smallest absolute Gasteiger partial charge is 0.253 e. The van der Waals surface area contributed by atoms with Gasteiger partial charge in [0.25, 0.3) is 5.91 Å². The number of furan rings is 1. The Morgan fingerprint density at radius 2 is 2.16 bits per heavy atom. The average molecular weight is 341 g/mol. The molecule has 2 aliphatic rings. The van der Waals surface area contributed by atoms with Gasteiger partial charge in [0, 0.05) is 30.0 Å². The lowest BCUT2D eigenvalue weighted by atomic mass is 9.99. The van der Waals surface area contributed by atoms with E-state index in [9.17, 15) is 4.79 Å². The Morgan fingerprint density at radius 1 is 1.28 bits per heavy atom. The summed E-state index contributed by atoms with van der Waals surface area (Å²) in [4.78, 5) is 15.4. The molecule has 0 bridgehead atoms. The van der Waals surface area contributed by atoms with Crippen LogP contribution in [0.15, 0.2) is 28.9 Å². The fourth-order valence-electron chi connectivity index (χ4n) is 4.49. The van der Waals surface area contributed by atoms with E-state index < -0.39 is 0 Å². The number of aryl methyl sites for hydroxylation is 1. The lowest BCUT2D eigenvalue weighted by Gasteiger charge is -2.32. The van der Waals surface area contributed by atoms with E-state index in [0.29, 0.717) is 18.6 Å². The molecule has 134 valence electrons. The van der Waals surface area contributed by atoms with E-state index in [1.165, 1.54) is 25.8 Å². The number of hydrogen-bond donors (Lipinski definition) is 1. The maximum atomic E-state index is 12.9. The normalized spacial score (nSPS) is 23.6. The Hall–Kier alpha value is -2.01. The Bertz CT molecular complexity index is 747. The van der Waals surface area contributed by atoms with E-state index in [4.69, 9.17) is 4.42 Å². The second-order valence-corrected chi connectivity index (χ2v) is 7.42. The van der Waals surface area contributed by atoms with Crippen LogP contribution in [0.5, 0.6) is 0 Å². The highest BCUT2D eigenvalue weighted by molar-refractivity contribution is 5.96. The van der Waals surface area contributed by atoms with E-state index in [-0.39, 0.29) is 5.91 Å². The van der Waals surface area contributed by atoms with Gasteiger partial charge in [-0.1, -0.05) is 6.42 Å². The third-order valence-corrected chi connectivity index (χ3v) is 5.88. The zero-order valence-electron chi connectivity index (χ0n) is 15.1. The molecule has 4 heterocycles. The van der Waals surface area contributed by atoms with Crippen molar-refractivity contribution in [2.75, 3.05) is 13.1 Å². The van der Waals surface area contributed by atoms with Gasteiger partial charge in [-0.2, -0.15) is 0 Å². The number of hydrogen-bond acceptors (Lipinski definition) is 3. The van der Waals surface area contributed by atoms with E-state index in [1.807, 2.05) is 32.0 Å². The first kappa shape index (κ1) is 16.5. The maximum Gasteiger partial charge on any atom is 0.253 e. The van der Waals surface area contributed by atoms with Crippen LogP contribution in [0.3, 0.4) is 0 Å². The van der Waals surface area contributed by atoms with Crippen molar-refractivity contribution in [2.24, 2.45) is 0 Å². The molecule has 5 heteroatoms. The number of fused-ring (bicyclic) bond motifs is 1. The molecule has 0 aromatic carbocycles. The van der Waals surface area contributed by atoms with E-state index >= 15 is 0 Å². The number of aromatic nitrogens is 1. The number of amides is 1. The van der Waals surface area contributed by atoms with Gasteiger partial charge in [0.15, 0.2) is 0 Å². The number of rotatable bonds is 4. The highest BCUT2D eigenvalue weighted by Gasteiger charge is 2.36. The SMILES string of the molecule is Cc1cc(C(=O)N[C@H]2CCN3CCCC[C@H]23)c(C)n1Cc1ccco1. The molecule has 5 nitrogen and oxygen atoms in total. The van der Waals surface area contributed by atoms with Crippen molar-refractivity contribution in [3.63, 3.8) is 0 Å². The van der Waals surface area contributed by atoms with Crippen LogP contribution in [0.4, 0.5) is 0 Å². The first-order valence-electron chi connectivity index (χ1n) is 9.37. The minimum Gasteiger partial charge on any atom is -0.467 e. The highest BCUT2D eigenvalue weighted by atomic mass is 16.3. The lowest BCUT2D eigenvalue weighted by Crippen LogP contribution is -2.46. The Kier molecular flexibility index (Phi) is 4.42. The summed E-state index contributed by atoms with van der Waals surface area (Å²) in [6.07, 6.45) is 6.55. The van der Waals surface area contributed by atoms with Crippen molar-refractivity contribution in [3.8, 4) is 0 Å². The molecule has 0 saturated carbocycles. The first-order chi connectivity index (χ1) is 12.1. The zero-order chi connectivity index (χ0) is 17.4. The van der Waals surface area contributed by atoms with Gasteiger partial charge in [0.2, 0.25) is 0 Å². The van der Waals surface area contributed by atoms with Gasteiger partial charge in [-0.05, 0) is 57.9 Å². The molecule has 1 amide bonds. The van der Waals surface area contributed by atoms with Crippen LogP contribution in [0, 0.1) is 13.8 Å². The van der Waals surface area contributed by atoms with Gasteiger partial charge < -0.3 is 14.3 Å². The third-order valence-electron chi connectivity index (χ3n) is 5.88. The number of piperidine rings is 1. The predicted octanol–water partition coefficient (Wildman–Crippen LogP) is 3.10. The topological polar surface area (TPSA) is 50.4 Å². The molecule has 2 fully saturated rings. The molecule has 2 saturated heterocycles. The van der Waals surface area contributed by atoms with Crippen molar-refractivity contribution in [1.29, 1.82) is 0 Å². The molecule has 0 spiro atoms.